The summed E-state index contributed by atoms with van der Waals surface area (Å²) in [6.07, 6.45) is 0.104. The van der Waals surface area contributed by atoms with Crippen molar-refractivity contribution in [2.75, 3.05) is 16.8 Å². The van der Waals surface area contributed by atoms with Crippen molar-refractivity contribution in [1.82, 2.24) is 0 Å². The number of halogens is 3. The van der Waals surface area contributed by atoms with E-state index in [4.69, 9.17) is 34.8 Å². The van der Waals surface area contributed by atoms with Gasteiger partial charge in [-0.2, -0.15) is 0 Å². The highest BCUT2D eigenvalue weighted by Gasteiger charge is 2.36. The van der Waals surface area contributed by atoms with Crippen molar-refractivity contribution in [3.05, 3.63) is 57.0 Å². The molecule has 130 valence electrons. The first-order valence-electron chi connectivity index (χ1n) is 7.68. The number of benzene rings is 2. The van der Waals surface area contributed by atoms with Crippen LogP contribution in [0.5, 0.6) is 0 Å². The zero-order chi connectivity index (χ0) is 18.1. The van der Waals surface area contributed by atoms with Gasteiger partial charge in [0.15, 0.2) is 0 Å². The summed E-state index contributed by atoms with van der Waals surface area (Å²) in [6, 6.07) is 10.3. The molecule has 0 radical (unpaired) electrons. The van der Waals surface area contributed by atoms with Gasteiger partial charge in [0.2, 0.25) is 11.8 Å². The lowest BCUT2D eigenvalue weighted by molar-refractivity contribution is -0.122. The molecular weight excluding hydrogens is 383 g/mol. The molecule has 1 N–H and O–H groups in total. The van der Waals surface area contributed by atoms with E-state index in [1.165, 1.54) is 4.90 Å². The number of aryl methyl sites for hydroxylation is 1. The number of nitrogens with zero attached hydrogens (tertiary/aromatic N) is 1. The van der Waals surface area contributed by atoms with Crippen LogP contribution in [0.2, 0.25) is 15.1 Å². The largest absolute Gasteiger partial charge is 0.325 e. The number of rotatable bonds is 3. The second-order valence-electron chi connectivity index (χ2n) is 5.92. The molecule has 3 rings (SSSR count). The SMILES string of the molecule is Cc1ccc(Cl)cc1NC(=O)C1CC(=O)N(c2c(Cl)cccc2Cl)C1. The van der Waals surface area contributed by atoms with Crippen molar-refractivity contribution in [3.63, 3.8) is 0 Å². The lowest BCUT2D eigenvalue weighted by Crippen LogP contribution is -2.28. The molecule has 1 heterocycles. The number of anilines is 2. The third-order valence-corrected chi connectivity index (χ3v) is 5.01. The summed E-state index contributed by atoms with van der Waals surface area (Å²) in [5, 5.41) is 4.15. The van der Waals surface area contributed by atoms with Gasteiger partial charge in [0.05, 0.1) is 21.7 Å². The second-order valence-corrected chi connectivity index (χ2v) is 7.17. The summed E-state index contributed by atoms with van der Waals surface area (Å²) in [6.45, 7) is 2.11. The van der Waals surface area contributed by atoms with Crippen LogP contribution in [0.1, 0.15) is 12.0 Å². The third kappa shape index (κ3) is 3.76. The van der Waals surface area contributed by atoms with Crippen LogP contribution in [0.15, 0.2) is 36.4 Å². The summed E-state index contributed by atoms with van der Waals surface area (Å²) in [4.78, 5) is 26.4. The maximum absolute atomic E-state index is 12.6. The molecule has 4 nitrogen and oxygen atoms in total. The van der Waals surface area contributed by atoms with Crippen LogP contribution in [-0.2, 0) is 9.59 Å². The highest BCUT2D eigenvalue weighted by atomic mass is 35.5. The van der Waals surface area contributed by atoms with E-state index in [-0.39, 0.29) is 24.8 Å². The first-order chi connectivity index (χ1) is 11.9. The zero-order valence-corrected chi connectivity index (χ0v) is 15.6. The summed E-state index contributed by atoms with van der Waals surface area (Å²) < 4.78 is 0. The van der Waals surface area contributed by atoms with Gasteiger partial charge in [-0.3, -0.25) is 9.59 Å². The molecular formula is C18H15Cl3N2O2. The van der Waals surface area contributed by atoms with Crippen molar-refractivity contribution in [2.24, 2.45) is 5.92 Å². The van der Waals surface area contributed by atoms with Crippen molar-refractivity contribution >= 4 is 58.0 Å². The maximum Gasteiger partial charge on any atom is 0.229 e. The Hall–Kier alpha value is -1.75. The summed E-state index contributed by atoms with van der Waals surface area (Å²) in [7, 11) is 0. The molecule has 2 amide bonds. The molecule has 25 heavy (non-hydrogen) atoms. The van der Waals surface area contributed by atoms with E-state index in [0.29, 0.717) is 26.4 Å². The molecule has 1 saturated heterocycles. The van der Waals surface area contributed by atoms with E-state index < -0.39 is 5.92 Å². The topological polar surface area (TPSA) is 49.4 Å². The Bertz CT molecular complexity index is 834. The summed E-state index contributed by atoms with van der Waals surface area (Å²) in [5.41, 5.74) is 1.98. The molecule has 0 aromatic heterocycles. The molecule has 1 unspecified atom stereocenters. The van der Waals surface area contributed by atoms with E-state index in [9.17, 15) is 9.59 Å². The van der Waals surface area contributed by atoms with E-state index in [0.717, 1.165) is 5.56 Å². The van der Waals surface area contributed by atoms with Gasteiger partial charge >= 0.3 is 0 Å². The first kappa shape index (κ1) is 18.1. The van der Waals surface area contributed by atoms with Gasteiger partial charge in [0.1, 0.15) is 0 Å². The molecule has 2 aromatic carbocycles. The molecule has 7 heteroatoms. The number of amides is 2. The number of hydrogen-bond acceptors (Lipinski definition) is 2. The van der Waals surface area contributed by atoms with E-state index in [1.54, 1.807) is 30.3 Å². The predicted molar refractivity (Wildman–Crippen MR) is 102 cm³/mol. The van der Waals surface area contributed by atoms with E-state index >= 15 is 0 Å². The molecule has 0 saturated carbocycles. The van der Waals surface area contributed by atoms with Gasteiger partial charge in [-0.05, 0) is 36.8 Å². The summed E-state index contributed by atoms with van der Waals surface area (Å²) >= 11 is 18.3. The Kier molecular flexibility index (Phi) is 5.23. The Morgan fingerprint density at radius 2 is 1.84 bits per heavy atom. The monoisotopic (exact) mass is 396 g/mol. The minimum Gasteiger partial charge on any atom is -0.325 e. The second kappa shape index (κ2) is 7.24. The van der Waals surface area contributed by atoms with Crippen LogP contribution in [0.25, 0.3) is 0 Å². The van der Waals surface area contributed by atoms with Gasteiger partial charge in [-0.1, -0.05) is 46.9 Å². The molecule has 2 aromatic rings. The molecule has 0 bridgehead atoms. The van der Waals surface area contributed by atoms with Crippen LogP contribution in [0.4, 0.5) is 11.4 Å². The van der Waals surface area contributed by atoms with Crippen LogP contribution < -0.4 is 10.2 Å². The number of nitrogens with one attached hydrogen (secondary N) is 1. The Balaban J connectivity index is 1.78. The van der Waals surface area contributed by atoms with Gasteiger partial charge in [0, 0.05) is 23.7 Å². The Morgan fingerprint density at radius 3 is 2.52 bits per heavy atom. The van der Waals surface area contributed by atoms with Gasteiger partial charge in [-0.15, -0.1) is 0 Å². The highest BCUT2D eigenvalue weighted by molar-refractivity contribution is 6.40. The van der Waals surface area contributed by atoms with Crippen molar-refractivity contribution < 1.29 is 9.59 Å². The van der Waals surface area contributed by atoms with Crippen LogP contribution in [0, 0.1) is 12.8 Å². The highest BCUT2D eigenvalue weighted by Crippen LogP contribution is 2.37. The fraction of sp³-hybridized carbons (Fsp3) is 0.222. The van der Waals surface area contributed by atoms with Crippen molar-refractivity contribution in [2.45, 2.75) is 13.3 Å². The molecule has 1 aliphatic heterocycles. The first-order valence-corrected chi connectivity index (χ1v) is 8.81. The van der Waals surface area contributed by atoms with E-state index in [2.05, 4.69) is 5.32 Å². The minimum absolute atomic E-state index is 0.104. The zero-order valence-electron chi connectivity index (χ0n) is 13.4. The molecule has 0 aliphatic carbocycles. The van der Waals surface area contributed by atoms with Crippen molar-refractivity contribution in [3.8, 4) is 0 Å². The minimum atomic E-state index is -0.488. The van der Waals surface area contributed by atoms with Crippen LogP contribution in [0.3, 0.4) is 0 Å². The number of carbonyl (C=O) groups excluding carboxylic acids is 2. The fourth-order valence-electron chi connectivity index (χ4n) is 2.81. The molecule has 1 aliphatic rings. The van der Waals surface area contributed by atoms with Gasteiger partial charge in [0.25, 0.3) is 0 Å². The predicted octanol–water partition coefficient (Wildman–Crippen LogP) is 4.95. The van der Waals surface area contributed by atoms with Crippen molar-refractivity contribution in [1.29, 1.82) is 0 Å². The Morgan fingerprint density at radius 1 is 1.16 bits per heavy atom. The standard InChI is InChI=1S/C18H15Cl3N2O2/c1-10-5-6-12(19)8-15(10)22-18(25)11-7-16(24)23(9-11)17-13(20)3-2-4-14(17)21/h2-6,8,11H,7,9H2,1H3,(H,22,25). The average Bonchev–Trinajstić information content (AvgIpc) is 2.93. The maximum atomic E-state index is 12.6. The van der Waals surface area contributed by atoms with Crippen LogP contribution >= 0.6 is 34.8 Å². The number of para-hydroxylation sites is 1. The lowest BCUT2D eigenvalue weighted by Gasteiger charge is -2.19. The van der Waals surface area contributed by atoms with Gasteiger partial charge < -0.3 is 10.2 Å². The lowest BCUT2D eigenvalue weighted by atomic mass is 10.1. The van der Waals surface area contributed by atoms with Crippen LogP contribution in [-0.4, -0.2) is 18.4 Å². The number of hydrogen-bond donors (Lipinski definition) is 1. The average molecular weight is 398 g/mol. The summed E-state index contributed by atoms with van der Waals surface area (Å²) in [5.74, 6) is -0.902. The third-order valence-electron chi connectivity index (χ3n) is 4.16. The normalized spacial score (nSPS) is 17.0. The molecule has 1 fully saturated rings. The van der Waals surface area contributed by atoms with Gasteiger partial charge in [-0.25, -0.2) is 0 Å². The van der Waals surface area contributed by atoms with E-state index in [1.807, 2.05) is 13.0 Å². The fourth-order valence-corrected chi connectivity index (χ4v) is 3.58. The quantitative estimate of drug-likeness (QED) is 0.797. The smallest absolute Gasteiger partial charge is 0.229 e. The molecule has 1 atom stereocenters. The molecule has 0 spiro atoms. The number of carbonyl (C=O) groups is 2. The Labute approximate surface area is 160 Å².